The molecule has 0 saturated heterocycles. The van der Waals surface area contributed by atoms with E-state index >= 15 is 0 Å². The van der Waals surface area contributed by atoms with E-state index < -0.39 is 29.6 Å². The van der Waals surface area contributed by atoms with E-state index in [0.717, 1.165) is 29.0 Å². The summed E-state index contributed by atoms with van der Waals surface area (Å²) in [5.41, 5.74) is 2.31. The van der Waals surface area contributed by atoms with Gasteiger partial charge in [0.15, 0.2) is 6.10 Å². The maximum absolute atomic E-state index is 14.3. The summed E-state index contributed by atoms with van der Waals surface area (Å²) in [6, 6.07) is 17.9. The Hall–Kier alpha value is -3.68. The number of amides is 1. The van der Waals surface area contributed by atoms with Crippen LogP contribution in [0.5, 0.6) is 0 Å². The SMILES string of the molecule is Cc1ccccc1C1=NOC(CN(Cc2ccc(C(F)(F)F)cc2)C(=O)c2ccccc2F)C1. The first-order valence-electron chi connectivity index (χ1n) is 10.7. The van der Waals surface area contributed by atoms with E-state index in [-0.39, 0.29) is 18.7 Å². The first-order valence-corrected chi connectivity index (χ1v) is 10.7. The molecule has 3 aromatic carbocycles. The highest BCUT2D eigenvalue weighted by atomic mass is 19.4. The predicted molar refractivity (Wildman–Crippen MR) is 120 cm³/mol. The summed E-state index contributed by atoms with van der Waals surface area (Å²) in [6.07, 6.45) is -4.49. The lowest BCUT2D eigenvalue weighted by atomic mass is 10.00. The number of carbonyl (C=O) groups is 1. The number of aryl methyl sites for hydroxylation is 1. The van der Waals surface area contributed by atoms with Gasteiger partial charge in [0.05, 0.1) is 23.4 Å². The fourth-order valence-electron chi connectivity index (χ4n) is 3.87. The minimum absolute atomic E-state index is 0.00906. The molecule has 1 atom stereocenters. The van der Waals surface area contributed by atoms with Crippen LogP contribution >= 0.6 is 0 Å². The van der Waals surface area contributed by atoms with Gasteiger partial charge in [0.1, 0.15) is 5.82 Å². The smallest absolute Gasteiger partial charge is 0.390 e. The average Bonchev–Trinajstić information content (AvgIpc) is 3.27. The van der Waals surface area contributed by atoms with Crippen molar-refractivity contribution < 1.29 is 27.2 Å². The molecule has 0 fully saturated rings. The van der Waals surface area contributed by atoms with Crippen molar-refractivity contribution in [3.63, 3.8) is 0 Å². The largest absolute Gasteiger partial charge is 0.416 e. The third-order valence-electron chi connectivity index (χ3n) is 5.66. The van der Waals surface area contributed by atoms with Crippen LogP contribution in [0.1, 0.15) is 39.0 Å². The number of carbonyl (C=O) groups excluding carboxylic acids is 1. The van der Waals surface area contributed by atoms with Gasteiger partial charge in [-0.3, -0.25) is 4.79 Å². The monoisotopic (exact) mass is 470 g/mol. The normalized spacial score (nSPS) is 15.6. The van der Waals surface area contributed by atoms with Gasteiger partial charge in [0, 0.05) is 18.5 Å². The number of benzene rings is 3. The third-order valence-corrected chi connectivity index (χ3v) is 5.66. The topological polar surface area (TPSA) is 41.9 Å². The lowest BCUT2D eigenvalue weighted by Crippen LogP contribution is -2.37. The molecule has 0 N–H and O–H groups in total. The lowest BCUT2D eigenvalue weighted by Gasteiger charge is -2.25. The van der Waals surface area contributed by atoms with E-state index in [0.29, 0.717) is 12.0 Å². The fraction of sp³-hybridized carbons (Fsp3) is 0.231. The third kappa shape index (κ3) is 5.27. The summed E-state index contributed by atoms with van der Waals surface area (Å²) in [5.74, 6) is -1.25. The Labute approximate surface area is 194 Å². The molecule has 0 aliphatic carbocycles. The van der Waals surface area contributed by atoms with Crippen LogP contribution in [0, 0.1) is 12.7 Å². The van der Waals surface area contributed by atoms with Gasteiger partial charge in [-0.2, -0.15) is 13.2 Å². The summed E-state index contributed by atoms with van der Waals surface area (Å²) in [7, 11) is 0. The van der Waals surface area contributed by atoms with E-state index in [9.17, 15) is 22.4 Å². The molecule has 3 aromatic rings. The first-order chi connectivity index (χ1) is 16.2. The number of nitrogens with zero attached hydrogens (tertiary/aromatic N) is 2. The van der Waals surface area contributed by atoms with Gasteiger partial charge < -0.3 is 9.74 Å². The summed E-state index contributed by atoms with van der Waals surface area (Å²) in [5, 5.41) is 4.18. The molecule has 0 saturated carbocycles. The summed E-state index contributed by atoms with van der Waals surface area (Å²) >= 11 is 0. The summed E-state index contributed by atoms with van der Waals surface area (Å²) in [4.78, 5) is 20.2. The number of hydrogen-bond donors (Lipinski definition) is 0. The molecule has 0 radical (unpaired) electrons. The zero-order valence-corrected chi connectivity index (χ0v) is 18.3. The molecule has 4 rings (SSSR count). The lowest BCUT2D eigenvalue weighted by molar-refractivity contribution is -0.137. The van der Waals surface area contributed by atoms with Crippen LogP contribution in [0.3, 0.4) is 0 Å². The van der Waals surface area contributed by atoms with Crippen LogP contribution in [0.2, 0.25) is 0 Å². The Kier molecular flexibility index (Phi) is 6.68. The second-order valence-corrected chi connectivity index (χ2v) is 8.14. The van der Waals surface area contributed by atoms with Crippen molar-refractivity contribution in [2.45, 2.75) is 32.2 Å². The number of oxime groups is 1. The molecule has 4 nitrogen and oxygen atoms in total. The zero-order valence-electron chi connectivity index (χ0n) is 18.3. The number of halogens is 4. The summed E-state index contributed by atoms with van der Waals surface area (Å²) < 4.78 is 53.1. The number of hydrogen-bond acceptors (Lipinski definition) is 3. The van der Waals surface area contributed by atoms with Crippen molar-refractivity contribution in [2.75, 3.05) is 6.54 Å². The van der Waals surface area contributed by atoms with E-state index in [1.807, 2.05) is 31.2 Å². The molecular formula is C26H22F4N2O2. The quantitative estimate of drug-likeness (QED) is 0.416. The van der Waals surface area contributed by atoms with Crippen LogP contribution in [-0.4, -0.2) is 29.2 Å². The van der Waals surface area contributed by atoms with E-state index in [1.54, 1.807) is 6.07 Å². The minimum Gasteiger partial charge on any atom is -0.390 e. The molecule has 1 aliphatic rings. The minimum atomic E-state index is -4.46. The molecule has 0 bridgehead atoms. The number of alkyl halides is 3. The molecule has 34 heavy (non-hydrogen) atoms. The van der Waals surface area contributed by atoms with Gasteiger partial charge in [-0.05, 0) is 42.3 Å². The molecule has 1 heterocycles. The second-order valence-electron chi connectivity index (χ2n) is 8.14. The highest BCUT2D eigenvalue weighted by molar-refractivity contribution is 6.02. The highest BCUT2D eigenvalue weighted by Crippen LogP contribution is 2.29. The van der Waals surface area contributed by atoms with Crippen LogP contribution < -0.4 is 0 Å². The average molecular weight is 470 g/mol. The second kappa shape index (κ2) is 9.67. The summed E-state index contributed by atoms with van der Waals surface area (Å²) in [6.45, 7) is 2.04. The zero-order chi connectivity index (χ0) is 24.3. The van der Waals surface area contributed by atoms with Gasteiger partial charge >= 0.3 is 6.18 Å². The Balaban J connectivity index is 1.54. The molecule has 176 valence electrons. The molecule has 0 aromatic heterocycles. The standard InChI is InChI=1S/C26H22F4N2O2/c1-17-6-2-3-7-21(17)24-14-20(34-31-24)16-32(25(33)22-8-4-5-9-23(22)27)15-18-10-12-19(13-11-18)26(28,29)30/h2-13,20H,14-16H2,1H3. The fourth-order valence-corrected chi connectivity index (χ4v) is 3.87. The molecule has 1 aliphatic heterocycles. The van der Waals surface area contributed by atoms with Crippen LogP contribution in [-0.2, 0) is 17.6 Å². The molecular weight excluding hydrogens is 448 g/mol. The van der Waals surface area contributed by atoms with Gasteiger partial charge in [-0.15, -0.1) is 0 Å². The Morgan fingerprint density at radius 1 is 1.03 bits per heavy atom. The van der Waals surface area contributed by atoms with E-state index in [1.165, 1.54) is 35.2 Å². The van der Waals surface area contributed by atoms with Crippen molar-refractivity contribution in [3.05, 3.63) is 106 Å². The Morgan fingerprint density at radius 2 is 1.71 bits per heavy atom. The number of rotatable bonds is 6. The van der Waals surface area contributed by atoms with Gasteiger partial charge in [0.2, 0.25) is 0 Å². The van der Waals surface area contributed by atoms with Crippen molar-refractivity contribution in [1.29, 1.82) is 0 Å². The first kappa shape index (κ1) is 23.5. The molecule has 0 spiro atoms. The maximum Gasteiger partial charge on any atom is 0.416 e. The Morgan fingerprint density at radius 3 is 2.38 bits per heavy atom. The van der Waals surface area contributed by atoms with Crippen molar-refractivity contribution in [2.24, 2.45) is 5.16 Å². The van der Waals surface area contributed by atoms with Gasteiger partial charge in [-0.25, -0.2) is 4.39 Å². The van der Waals surface area contributed by atoms with E-state index in [4.69, 9.17) is 4.84 Å². The van der Waals surface area contributed by atoms with Crippen molar-refractivity contribution >= 4 is 11.6 Å². The Bertz CT molecular complexity index is 1210. The molecule has 1 unspecified atom stereocenters. The highest BCUT2D eigenvalue weighted by Gasteiger charge is 2.31. The predicted octanol–water partition coefficient (Wildman–Crippen LogP) is 5.99. The van der Waals surface area contributed by atoms with Crippen molar-refractivity contribution in [3.8, 4) is 0 Å². The van der Waals surface area contributed by atoms with Gasteiger partial charge in [-0.1, -0.05) is 53.7 Å². The van der Waals surface area contributed by atoms with Crippen LogP contribution in [0.25, 0.3) is 0 Å². The van der Waals surface area contributed by atoms with Gasteiger partial charge in [0.25, 0.3) is 5.91 Å². The molecule has 8 heteroatoms. The maximum atomic E-state index is 14.3. The van der Waals surface area contributed by atoms with E-state index in [2.05, 4.69) is 5.16 Å². The van der Waals surface area contributed by atoms with Crippen LogP contribution in [0.4, 0.5) is 17.6 Å². The van der Waals surface area contributed by atoms with Crippen molar-refractivity contribution in [1.82, 2.24) is 4.90 Å². The van der Waals surface area contributed by atoms with Crippen LogP contribution in [0.15, 0.2) is 78.0 Å². The molecule has 1 amide bonds.